The molecule has 5 atom stereocenters. The molecule has 2 saturated heterocycles. The highest BCUT2D eigenvalue weighted by Crippen LogP contribution is 2.41. The van der Waals surface area contributed by atoms with Crippen LogP contribution in [0.3, 0.4) is 0 Å². The Morgan fingerprint density at radius 2 is 2.09 bits per heavy atom. The van der Waals surface area contributed by atoms with Crippen molar-refractivity contribution >= 4 is 6.29 Å². The van der Waals surface area contributed by atoms with Crippen molar-refractivity contribution in [2.24, 2.45) is 11.8 Å². The third-order valence-electron chi connectivity index (χ3n) is 5.70. The summed E-state index contributed by atoms with van der Waals surface area (Å²) in [6, 6.07) is 10.4. The number of methoxy groups -OCH3 is 1. The number of piperidine rings is 1. The predicted octanol–water partition coefficient (Wildman–Crippen LogP) is 2.52. The largest absolute Gasteiger partial charge is 0.376 e. The highest BCUT2D eigenvalue weighted by molar-refractivity contribution is 5.55. The van der Waals surface area contributed by atoms with Crippen LogP contribution < -0.4 is 0 Å². The van der Waals surface area contributed by atoms with E-state index in [1.807, 2.05) is 6.07 Å². The Bertz CT molecular complexity index is 535. The van der Waals surface area contributed by atoms with Crippen LogP contribution in [0.4, 0.5) is 0 Å². The summed E-state index contributed by atoms with van der Waals surface area (Å²) in [5, 5.41) is 0. The third kappa shape index (κ3) is 3.35. The average molecular weight is 317 g/mol. The number of ether oxygens (including phenoxy) is 2. The fraction of sp³-hybridized carbons (Fsp3) is 0.632. The molecule has 3 rings (SSSR count). The maximum Gasteiger partial charge on any atom is 0.124 e. The average Bonchev–Trinajstić information content (AvgIpc) is 2.56. The molecule has 0 saturated carbocycles. The van der Waals surface area contributed by atoms with Crippen LogP contribution in [-0.4, -0.2) is 49.2 Å². The zero-order valence-corrected chi connectivity index (χ0v) is 14.3. The Morgan fingerprint density at radius 1 is 1.35 bits per heavy atom. The highest BCUT2D eigenvalue weighted by Gasteiger charge is 2.49. The van der Waals surface area contributed by atoms with E-state index in [0.29, 0.717) is 0 Å². The molecule has 2 aliphatic heterocycles. The van der Waals surface area contributed by atoms with Gasteiger partial charge in [-0.15, -0.1) is 0 Å². The van der Waals surface area contributed by atoms with Gasteiger partial charge in [0, 0.05) is 32.7 Å². The smallest absolute Gasteiger partial charge is 0.124 e. The molecule has 2 aliphatic rings. The zero-order chi connectivity index (χ0) is 16.4. The summed E-state index contributed by atoms with van der Waals surface area (Å²) in [7, 11) is 1.74. The van der Waals surface area contributed by atoms with Crippen molar-refractivity contribution in [3.05, 3.63) is 35.9 Å². The lowest BCUT2D eigenvalue weighted by Crippen LogP contribution is -2.60. The number of rotatable bonds is 4. The Balaban J connectivity index is 1.73. The van der Waals surface area contributed by atoms with Gasteiger partial charge in [-0.25, -0.2) is 0 Å². The standard InChI is InChI=1S/C19H27NO3/c1-14-19(2,22-3)9-17-16(13-21)11-20(12-18(17)23-14)10-15-7-5-4-6-8-15/h4-8,13-14,16-18H,9-12H2,1-3H3. The van der Waals surface area contributed by atoms with E-state index in [1.54, 1.807) is 7.11 Å². The van der Waals surface area contributed by atoms with Crippen LogP contribution in [0.1, 0.15) is 25.8 Å². The molecule has 0 bridgehead atoms. The second-order valence-electron chi connectivity index (χ2n) is 7.18. The molecule has 0 aliphatic carbocycles. The number of likely N-dealkylation sites (tertiary alicyclic amines) is 1. The zero-order valence-electron chi connectivity index (χ0n) is 14.3. The number of carbonyl (C=O) groups excluding carboxylic acids is 1. The van der Waals surface area contributed by atoms with E-state index in [-0.39, 0.29) is 29.6 Å². The topological polar surface area (TPSA) is 38.8 Å². The molecule has 1 aromatic carbocycles. The van der Waals surface area contributed by atoms with Gasteiger partial charge in [0.15, 0.2) is 0 Å². The molecule has 23 heavy (non-hydrogen) atoms. The van der Waals surface area contributed by atoms with Crippen LogP contribution in [0.5, 0.6) is 0 Å². The molecular formula is C19H27NO3. The lowest BCUT2D eigenvalue weighted by atomic mass is 9.73. The van der Waals surface area contributed by atoms with Gasteiger partial charge in [-0.1, -0.05) is 30.3 Å². The van der Waals surface area contributed by atoms with E-state index in [2.05, 4.69) is 43.0 Å². The lowest BCUT2D eigenvalue weighted by Gasteiger charge is -2.51. The minimum absolute atomic E-state index is 0.0134. The molecule has 126 valence electrons. The summed E-state index contributed by atoms with van der Waals surface area (Å²) in [6.45, 7) is 6.72. The molecule has 0 spiro atoms. The molecule has 2 fully saturated rings. The van der Waals surface area contributed by atoms with E-state index >= 15 is 0 Å². The van der Waals surface area contributed by atoms with Gasteiger partial charge in [0.25, 0.3) is 0 Å². The Morgan fingerprint density at radius 3 is 2.74 bits per heavy atom. The summed E-state index contributed by atoms with van der Waals surface area (Å²) in [6.07, 6.45) is 2.15. The number of carbonyl (C=O) groups is 1. The molecule has 4 heteroatoms. The summed E-state index contributed by atoms with van der Waals surface area (Å²) in [4.78, 5) is 14.0. The van der Waals surface area contributed by atoms with Crippen molar-refractivity contribution < 1.29 is 14.3 Å². The Hall–Kier alpha value is -1.23. The predicted molar refractivity (Wildman–Crippen MR) is 89.1 cm³/mol. The second kappa shape index (κ2) is 6.71. The molecule has 0 aromatic heterocycles. The fourth-order valence-electron chi connectivity index (χ4n) is 4.00. The van der Waals surface area contributed by atoms with Crippen molar-refractivity contribution in [1.29, 1.82) is 0 Å². The summed E-state index contributed by atoms with van der Waals surface area (Å²) < 4.78 is 12.0. The maximum atomic E-state index is 11.7. The summed E-state index contributed by atoms with van der Waals surface area (Å²) in [5.74, 6) is 0.264. The van der Waals surface area contributed by atoms with E-state index in [9.17, 15) is 4.79 Å². The van der Waals surface area contributed by atoms with Crippen molar-refractivity contribution in [3.63, 3.8) is 0 Å². The molecule has 0 radical (unpaired) electrons. The first-order valence-electron chi connectivity index (χ1n) is 8.48. The molecule has 2 heterocycles. The SMILES string of the molecule is COC1(C)CC2C(C=O)CN(Cc3ccccc3)CC2OC1C. The van der Waals surface area contributed by atoms with Gasteiger partial charge >= 0.3 is 0 Å². The quantitative estimate of drug-likeness (QED) is 0.800. The number of nitrogens with zero attached hydrogens (tertiary/aromatic N) is 1. The molecule has 0 amide bonds. The third-order valence-corrected chi connectivity index (χ3v) is 5.70. The summed E-state index contributed by atoms with van der Waals surface area (Å²) in [5.41, 5.74) is 0.977. The second-order valence-corrected chi connectivity index (χ2v) is 7.18. The first kappa shape index (κ1) is 16.6. The van der Waals surface area contributed by atoms with Gasteiger partial charge < -0.3 is 14.3 Å². The van der Waals surface area contributed by atoms with Gasteiger partial charge in [-0.05, 0) is 31.7 Å². The van der Waals surface area contributed by atoms with Crippen LogP contribution in [-0.2, 0) is 20.8 Å². The minimum Gasteiger partial charge on any atom is -0.376 e. The molecule has 4 nitrogen and oxygen atoms in total. The van der Waals surface area contributed by atoms with Crippen LogP contribution >= 0.6 is 0 Å². The maximum absolute atomic E-state index is 11.7. The highest BCUT2D eigenvalue weighted by atomic mass is 16.6. The minimum atomic E-state index is -0.302. The van der Waals surface area contributed by atoms with Crippen LogP contribution in [0.25, 0.3) is 0 Å². The number of aldehydes is 1. The lowest BCUT2D eigenvalue weighted by molar-refractivity contribution is -0.218. The first-order valence-corrected chi connectivity index (χ1v) is 8.48. The van der Waals surface area contributed by atoms with Gasteiger partial charge in [-0.2, -0.15) is 0 Å². The molecule has 5 unspecified atom stereocenters. The first-order chi connectivity index (χ1) is 11.1. The van der Waals surface area contributed by atoms with Crippen LogP contribution in [0, 0.1) is 11.8 Å². The van der Waals surface area contributed by atoms with Gasteiger partial charge in [0.1, 0.15) is 6.29 Å². The Kier molecular flexibility index (Phi) is 4.85. The van der Waals surface area contributed by atoms with Crippen molar-refractivity contribution in [3.8, 4) is 0 Å². The summed E-state index contributed by atoms with van der Waals surface area (Å²) >= 11 is 0. The number of hydrogen-bond donors (Lipinski definition) is 0. The number of fused-ring (bicyclic) bond motifs is 1. The van der Waals surface area contributed by atoms with E-state index in [4.69, 9.17) is 9.47 Å². The van der Waals surface area contributed by atoms with Crippen molar-refractivity contribution in [1.82, 2.24) is 4.90 Å². The molecule has 1 aromatic rings. The Labute approximate surface area is 138 Å². The fourth-order valence-corrected chi connectivity index (χ4v) is 4.00. The van der Waals surface area contributed by atoms with E-state index < -0.39 is 0 Å². The monoisotopic (exact) mass is 317 g/mol. The van der Waals surface area contributed by atoms with Crippen LogP contribution in [0.15, 0.2) is 30.3 Å². The van der Waals surface area contributed by atoms with E-state index in [1.165, 1.54) is 5.56 Å². The van der Waals surface area contributed by atoms with Crippen LogP contribution in [0.2, 0.25) is 0 Å². The van der Waals surface area contributed by atoms with Gasteiger partial charge in [-0.3, -0.25) is 4.90 Å². The molecule has 0 N–H and O–H groups in total. The van der Waals surface area contributed by atoms with Gasteiger partial charge in [0.2, 0.25) is 0 Å². The van der Waals surface area contributed by atoms with E-state index in [0.717, 1.165) is 32.3 Å². The van der Waals surface area contributed by atoms with Crippen molar-refractivity contribution in [2.45, 2.75) is 44.6 Å². The normalized spacial score (nSPS) is 38.0. The van der Waals surface area contributed by atoms with Gasteiger partial charge in [0.05, 0.1) is 17.8 Å². The molecular weight excluding hydrogens is 290 g/mol. The number of benzene rings is 1. The number of hydrogen-bond acceptors (Lipinski definition) is 4. The van der Waals surface area contributed by atoms with Crippen molar-refractivity contribution in [2.75, 3.05) is 20.2 Å².